The smallest absolute Gasteiger partial charge is 0.295 e. The van der Waals surface area contributed by atoms with Gasteiger partial charge in [0.25, 0.3) is 17.6 Å². The van der Waals surface area contributed by atoms with Gasteiger partial charge in [-0.1, -0.05) is 18.2 Å². The highest BCUT2D eigenvalue weighted by atomic mass is 79.9. The number of ketones is 1. The van der Waals surface area contributed by atoms with Gasteiger partial charge in [-0.05, 0) is 41.1 Å². The Morgan fingerprint density at radius 2 is 1.91 bits per heavy atom. The maximum atomic E-state index is 13.3. The Bertz CT molecular complexity index is 1380. The molecule has 1 aromatic carbocycles. The van der Waals surface area contributed by atoms with E-state index in [4.69, 9.17) is 0 Å². The highest BCUT2D eigenvalue weighted by molar-refractivity contribution is 9.10. The average molecular weight is 521 g/mol. The van der Waals surface area contributed by atoms with Gasteiger partial charge in [-0.2, -0.15) is 5.10 Å². The zero-order valence-electron chi connectivity index (χ0n) is 18.3. The molecule has 1 aliphatic heterocycles. The van der Waals surface area contributed by atoms with Crippen LogP contribution in [0.2, 0.25) is 0 Å². The lowest BCUT2D eigenvalue weighted by Crippen LogP contribution is -2.56. The molecule has 1 fully saturated rings. The van der Waals surface area contributed by atoms with Crippen molar-refractivity contribution >= 4 is 44.4 Å². The number of halogens is 1. The second kappa shape index (κ2) is 8.86. The number of hydrogen-bond donors (Lipinski definition) is 1. The van der Waals surface area contributed by atoms with Gasteiger partial charge in [-0.25, -0.2) is 9.67 Å². The van der Waals surface area contributed by atoms with Crippen molar-refractivity contribution in [3.05, 3.63) is 76.8 Å². The molecule has 0 aliphatic carbocycles. The zero-order chi connectivity index (χ0) is 23.8. The number of nitrogens with zero attached hydrogens (tertiary/aromatic N) is 5. The topological polar surface area (TPSA) is 104 Å². The average Bonchev–Trinajstić information content (AvgIpc) is 3.55. The van der Waals surface area contributed by atoms with Crippen molar-refractivity contribution in [3.63, 3.8) is 0 Å². The maximum Gasteiger partial charge on any atom is 0.295 e. The fourth-order valence-electron chi connectivity index (χ4n) is 4.29. The van der Waals surface area contributed by atoms with Crippen molar-refractivity contribution in [2.75, 3.05) is 19.6 Å². The van der Waals surface area contributed by atoms with Crippen molar-refractivity contribution in [2.24, 2.45) is 0 Å². The summed E-state index contributed by atoms with van der Waals surface area (Å²) in [5, 5.41) is 4.78. The lowest BCUT2D eigenvalue weighted by atomic mass is 10.1. The molecule has 5 rings (SSSR count). The van der Waals surface area contributed by atoms with E-state index in [0.29, 0.717) is 39.8 Å². The summed E-state index contributed by atoms with van der Waals surface area (Å²) in [5.74, 6) is -0.759. The molecule has 1 N–H and O–H groups in total. The number of pyridine rings is 1. The van der Waals surface area contributed by atoms with Crippen LogP contribution in [0.4, 0.5) is 0 Å². The number of piperazine rings is 1. The molecule has 9 nitrogen and oxygen atoms in total. The molecule has 2 amide bonds. The summed E-state index contributed by atoms with van der Waals surface area (Å²) in [6, 6.07) is 10.5. The lowest BCUT2D eigenvalue weighted by molar-refractivity contribution is -0.130. The van der Waals surface area contributed by atoms with Crippen LogP contribution >= 0.6 is 15.9 Å². The van der Waals surface area contributed by atoms with Crippen LogP contribution in [-0.2, 0) is 4.79 Å². The van der Waals surface area contributed by atoms with Crippen LogP contribution in [0.25, 0.3) is 16.7 Å². The van der Waals surface area contributed by atoms with E-state index in [-0.39, 0.29) is 24.1 Å². The van der Waals surface area contributed by atoms with Crippen LogP contribution < -0.4 is 0 Å². The van der Waals surface area contributed by atoms with Gasteiger partial charge in [0.2, 0.25) is 0 Å². The van der Waals surface area contributed by atoms with Crippen molar-refractivity contribution in [1.82, 2.24) is 29.5 Å². The van der Waals surface area contributed by atoms with Crippen molar-refractivity contribution in [3.8, 4) is 5.82 Å². The molecule has 3 aromatic heterocycles. The Hall–Kier alpha value is -3.79. The predicted molar refractivity (Wildman–Crippen MR) is 129 cm³/mol. The molecular formula is C24H21BrN6O3. The molecule has 4 heterocycles. The Morgan fingerprint density at radius 3 is 2.62 bits per heavy atom. The standard InChI is InChI=1S/C24H21BrN6O3/c1-15-14-29(23(33)16-6-3-2-4-7-16)10-11-30(15)24(34)21(32)17-12-26-20-19(17)18(25)13-27-22(20)31-9-5-8-28-31/h2-9,12-13,15,26H,10-11,14H2,1H3/t15-/m1/s1. The van der Waals surface area contributed by atoms with Gasteiger partial charge in [0.1, 0.15) is 0 Å². The fraction of sp³-hybridized carbons (Fsp3) is 0.208. The summed E-state index contributed by atoms with van der Waals surface area (Å²) in [6.07, 6.45) is 6.51. The van der Waals surface area contributed by atoms with Gasteiger partial charge in [0.05, 0.1) is 11.1 Å². The molecule has 10 heteroatoms. The van der Waals surface area contributed by atoms with E-state index in [1.165, 1.54) is 6.20 Å². The van der Waals surface area contributed by atoms with Crippen LogP contribution in [0.5, 0.6) is 0 Å². The van der Waals surface area contributed by atoms with E-state index in [0.717, 1.165) is 0 Å². The number of fused-ring (bicyclic) bond motifs is 1. The number of carbonyl (C=O) groups excluding carboxylic acids is 3. The first-order valence-corrected chi connectivity index (χ1v) is 11.6. The summed E-state index contributed by atoms with van der Waals surface area (Å²) in [5.41, 5.74) is 1.47. The summed E-state index contributed by atoms with van der Waals surface area (Å²) < 4.78 is 2.19. The molecule has 172 valence electrons. The summed E-state index contributed by atoms with van der Waals surface area (Å²) >= 11 is 3.46. The molecule has 0 spiro atoms. The van der Waals surface area contributed by atoms with Crippen LogP contribution in [0.3, 0.4) is 0 Å². The van der Waals surface area contributed by atoms with Crippen molar-refractivity contribution in [1.29, 1.82) is 0 Å². The molecule has 4 aromatic rings. The quantitative estimate of drug-likeness (QED) is 0.329. The van der Waals surface area contributed by atoms with Crippen molar-refractivity contribution < 1.29 is 14.4 Å². The molecule has 1 atom stereocenters. The number of Topliss-reactive ketones (excluding diaryl/α,β-unsaturated/α-hetero) is 1. The number of aromatic amines is 1. The number of benzene rings is 1. The summed E-state index contributed by atoms with van der Waals surface area (Å²) in [6.45, 7) is 2.86. The minimum atomic E-state index is -0.612. The van der Waals surface area contributed by atoms with E-state index in [1.54, 1.807) is 51.3 Å². The Morgan fingerprint density at radius 1 is 1.12 bits per heavy atom. The van der Waals surface area contributed by atoms with Crippen LogP contribution in [0.15, 0.2) is 65.7 Å². The third-order valence-electron chi connectivity index (χ3n) is 6.00. The van der Waals surface area contributed by atoms with Gasteiger partial charge in [0, 0.05) is 65.9 Å². The molecule has 34 heavy (non-hydrogen) atoms. The Balaban J connectivity index is 1.37. The zero-order valence-corrected chi connectivity index (χ0v) is 19.9. The largest absolute Gasteiger partial charge is 0.357 e. The third kappa shape index (κ3) is 3.79. The van der Waals surface area contributed by atoms with E-state index >= 15 is 0 Å². The third-order valence-corrected chi connectivity index (χ3v) is 6.60. The first kappa shape index (κ1) is 22.0. The number of hydrogen-bond acceptors (Lipinski definition) is 5. The van der Waals surface area contributed by atoms with Gasteiger partial charge in [-0.3, -0.25) is 14.4 Å². The number of H-pyrrole nitrogens is 1. The van der Waals surface area contributed by atoms with E-state index in [2.05, 4.69) is 31.0 Å². The molecule has 1 aliphatic rings. The van der Waals surface area contributed by atoms with E-state index in [9.17, 15) is 14.4 Å². The van der Waals surface area contributed by atoms with Crippen molar-refractivity contribution in [2.45, 2.75) is 13.0 Å². The summed E-state index contributed by atoms with van der Waals surface area (Å²) in [4.78, 5) is 50.1. The Kier molecular flexibility index (Phi) is 5.74. The number of aromatic nitrogens is 4. The maximum absolute atomic E-state index is 13.3. The Labute approximate surface area is 203 Å². The molecular weight excluding hydrogens is 500 g/mol. The number of carbonyl (C=O) groups is 3. The molecule has 1 saturated heterocycles. The highest BCUT2D eigenvalue weighted by Gasteiger charge is 2.34. The number of nitrogens with one attached hydrogen (secondary N) is 1. The van der Waals surface area contributed by atoms with Crippen LogP contribution in [-0.4, -0.2) is 72.8 Å². The van der Waals surface area contributed by atoms with E-state index < -0.39 is 11.7 Å². The fourth-order valence-corrected chi connectivity index (χ4v) is 4.81. The van der Waals surface area contributed by atoms with Crippen LogP contribution in [0, 0.1) is 0 Å². The number of amides is 2. The second-order valence-corrected chi connectivity index (χ2v) is 8.98. The number of rotatable bonds is 4. The van der Waals surface area contributed by atoms with Crippen LogP contribution in [0.1, 0.15) is 27.6 Å². The molecule has 0 bridgehead atoms. The highest BCUT2D eigenvalue weighted by Crippen LogP contribution is 2.30. The van der Waals surface area contributed by atoms with Gasteiger partial charge >= 0.3 is 0 Å². The predicted octanol–water partition coefficient (Wildman–Crippen LogP) is 3.07. The summed E-state index contributed by atoms with van der Waals surface area (Å²) in [7, 11) is 0. The van der Waals surface area contributed by atoms with Gasteiger partial charge in [-0.15, -0.1) is 0 Å². The van der Waals surface area contributed by atoms with E-state index in [1.807, 2.05) is 25.1 Å². The second-order valence-electron chi connectivity index (χ2n) is 8.13. The molecule has 0 unspecified atom stereocenters. The SMILES string of the molecule is C[C@@H]1CN(C(=O)c2ccccc2)CCN1C(=O)C(=O)c1c[nH]c2c(-n3cccn3)ncc(Br)c12. The normalized spacial score (nSPS) is 16.1. The lowest BCUT2D eigenvalue weighted by Gasteiger charge is -2.39. The molecule has 0 radical (unpaired) electrons. The van der Waals surface area contributed by atoms with Gasteiger partial charge < -0.3 is 14.8 Å². The minimum Gasteiger partial charge on any atom is -0.357 e. The first-order valence-electron chi connectivity index (χ1n) is 10.8. The monoisotopic (exact) mass is 520 g/mol. The van der Waals surface area contributed by atoms with Gasteiger partial charge in [0.15, 0.2) is 5.82 Å². The first-order chi connectivity index (χ1) is 16.5. The minimum absolute atomic E-state index is 0.0786. The molecule has 0 saturated carbocycles.